The minimum atomic E-state index is 0.0953. The smallest absolute Gasteiger partial charge is 0.321 e. The molecule has 8 rings (SSSR count). The third kappa shape index (κ3) is 2.65. The summed E-state index contributed by atoms with van der Waals surface area (Å²) in [6, 6.07) is 42.1. The lowest BCUT2D eigenvalue weighted by Gasteiger charge is -2.31. The second-order valence-corrected chi connectivity index (χ2v) is 10.4. The average molecular weight is 461 g/mol. The fourth-order valence-electron chi connectivity index (χ4n) is 5.99. The van der Waals surface area contributed by atoms with E-state index in [1.807, 2.05) is 11.3 Å². The number of hydrogen-bond donors (Lipinski definition) is 1. The van der Waals surface area contributed by atoms with E-state index in [9.17, 15) is 0 Å². The molecule has 6 aromatic carbocycles. The number of benzene rings is 6. The van der Waals surface area contributed by atoms with E-state index in [4.69, 9.17) is 0 Å². The van der Waals surface area contributed by atoms with Gasteiger partial charge in [-0.1, -0.05) is 115 Å². The minimum absolute atomic E-state index is 0.0953. The number of nitrogens with one attached hydrogen (secondary N) is 1. The summed E-state index contributed by atoms with van der Waals surface area (Å²) in [6.07, 6.45) is 0. The van der Waals surface area contributed by atoms with Crippen molar-refractivity contribution in [2.24, 2.45) is 0 Å². The van der Waals surface area contributed by atoms with Crippen molar-refractivity contribution >= 4 is 76.5 Å². The molecule has 0 saturated carbocycles. The molecule has 35 heavy (non-hydrogen) atoms. The van der Waals surface area contributed by atoms with E-state index < -0.39 is 0 Å². The molecular weight excluding hydrogens is 441 g/mol. The zero-order valence-corrected chi connectivity index (χ0v) is 19.8. The SMILES string of the molecule is c1ccc(B2Nc3c(c4ccccc4c4c3sc3ccccc34)-c3c2ccc2ccccc32)cc1. The van der Waals surface area contributed by atoms with E-state index >= 15 is 0 Å². The van der Waals surface area contributed by atoms with Crippen LogP contribution in [0.5, 0.6) is 0 Å². The fraction of sp³-hybridized carbons (Fsp3) is 0. The zero-order valence-electron chi connectivity index (χ0n) is 19.0. The van der Waals surface area contributed by atoms with Gasteiger partial charge in [-0.25, -0.2) is 0 Å². The van der Waals surface area contributed by atoms with Gasteiger partial charge >= 0.3 is 6.85 Å². The van der Waals surface area contributed by atoms with E-state index in [1.165, 1.54) is 69.5 Å². The Labute approximate surface area is 207 Å². The summed E-state index contributed by atoms with van der Waals surface area (Å²) in [7, 11) is 0. The summed E-state index contributed by atoms with van der Waals surface area (Å²) in [5, 5.41) is 12.0. The first-order chi connectivity index (χ1) is 17.4. The predicted octanol–water partition coefficient (Wildman–Crippen LogP) is 7.56. The van der Waals surface area contributed by atoms with Crippen LogP contribution in [0.15, 0.2) is 115 Å². The third-order valence-electron chi connectivity index (χ3n) is 7.48. The molecule has 1 nitrogen and oxygen atoms in total. The lowest BCUT2D eigenvalue weighted by Crippen LogP contribution is -2.52. The van der Waals surface area contributed by atoms with Crippen molar-refractivity contribution in [2.75, 3.05) is 5.23 Å². The van der Waals surface area contributed by atoms with E-state index in [2.05, 4.69) is 120 Å². The molecule has 162 valence electrons. The van der Waals surface area contributed by atoms with Crippen LogP contribution in [0.1, 0.15) is 0 Å². The number of thiophene rings is 1. The molecule has 0 unspecified atom stereocenters. The van der Waals surface area contributed by atoms with Crippen LogP contribution in [-0.4, -0.2) is 6.85 Å². The highest BCUT2D eigenvalue weighted by Gasteiger charge is 2.33. The van der Waals surface area contributed by atoms with Crippen LogP contribution in [0, 0.1) is 0 Å². The van der Waals surface area contributed by atoms with Gasteiger partial charge in [0.25, 0.3) is 0 Å². The van der Waals surface area contributed by atoms with Crippen LogP contribution in [-0.2, 0) is 0 Å². The standard InChI is InChI=1S/C32H20BNS/c1-2-11-21(12-3-1)33-26-19-18-20-10-4-5-13-22(20)29(26)30-24-15-7-6-14-23(24)28-25-16-8-9-17-27(25)35-32(28)31(30)34-33/h1-19,34H. The van der Waals surface area contributed by atoms with Gasteiger partial charge in [0.2, 0.25) is 0 Å². The molecular formula is C32H20BNS. The Kier molecular flexibility index (Phi) is 3.97. The molecule has 0 saturated heterocycles. The molecule has 7 aromatic rings. The highest BCUT2D eigenvalue weighted by Crippen LogP contribution is 2.50. The maximum absolute atomic E-state index is 4.04. The topological polar surface area (TPSA) is 12.0 Å². The van der Waals surface area contributed by atoms with Crippen molar-refractivity contribution in [3.8, 4) is 11.1 Å². The zero-order chi connectivity index (χ0) is 22.9. The van der Waals surface area contributed by atoms with Gasteiger partial charge in [0.05, 0.1) is 4.70 Å². The highest BCUT2D eigenvalue weighted by molar-refractivity contribution is 7.26. The molecule has 1 N–H and O–H groups in total. The molecule has 1 aliphatic heterocycles. The lowest BCUT2D eigenvalue weighted by molar-refractivity contribution is 1.66. The summed E-state index contributed by atoms with van der Waals surface area (Å²) in [4.78, 5) is 0. The summed E-state index contributed by atoms with van der Waals surface area (Å²) < 4.78 is 2.68. The van der Waals surface area contributed by atoms with E-state index in [1.54, 1.807) is 0 Å². The Morgan fingerprint density at radius 2 is 1.23 bits per heavy atom. The van der Waals surface area contributed by atoms with Crippen molar-refractivity contribution in [3.63, 3.8) is 0 Å². The molecule has 2 heterocycles. The van der Waals surface area contributed by atoms with Crippen molar-refractivity contribution in [3.05, 3.63) is 115 Å². The number of hydrogen-bond acceptors (Lipinski definition) is 2. The quantitative estimate of drug-likeness (QED) is 0.249. The normalized spacial score (nSPS) is 12.7. The first-order valence-corrected chi connectivity index (χ1v) is 12.9. The van der Waals surface area contributed by atoms with Gasteiger partial charge in [0.1, 0.15) is 0 Å². The van der Waals surface area contributed by atoms with Crippen LogP contribution < -0.4 is 16.2 Å². The number of rotatable bonds is 1. The Balaban J connectivity index is 1.61. The van der Waals surface area contributed by atoms with Crippen LogP contribution in [0.3, 0.4) is 0 Å². The first-order valence-electron chi connectivity index (χ1n) is 12.1. The van der Waals surface area contributed by atoms with Gasteiger partial charge in [-0.05, 0) is 38.6 Å². The summed E-state index contributed by atoms with van der Waals surface area (Å²) >= 11 is 1.91. The Bertz CT molecular complexity index is 1940. The maximum atomic E-state index is 4.04. The monoisotopic (exact) mass is 461 g/mol. The summed E-state index contributed by atoms with van der Waals surface area (Å²) in [6.45, 7) is 0.0953. The Morgan fingerprint density at radius 1 is 0.543 bits per heavy atom. The second-order valence-electron chi connectivity index (χ2n) is 9.34. The summed E-state index contributed by atoms with van der Waals surface area (Å²) in [5.74, 6) is 0. The number of fused-ring (bicyclic) bond motifs is 12. The molecule has 1 aromatic heterocycles. The Hall–Kier alpha value is -4.08. The Morgan fingerprint density at radius 3 is 2.09 bits per heavy atom. The van der Waals surface area contributed by atoms with Crippen molar-refractivity contribution in [1.29, 1.82) is 0 Å². The van der Waals surface area contributed by atoms with Crippen LogP contribution in [0.2, 0.25) is 0 Å². The van der Waals surface area contributed by atoms with E-state index in [0.29, 0.717) is 0 Å². The minimum Gasteiger partial charge on any atom is -0.418 e. The largest absolute Gasteiger partial charge is 0.418 e. The van der Waals surface area contributed by atoms with E-state index in [0.717, 1.165) is 0 Å². The average Bonchev–Trinajstić information content (AvgIpc) is 3.33. The van der Waals surface area contributed by atoms with Crippen LogP contribution in [0.25, 0.3) is 52.8 Å². The van der Waals surface area contributed by atoms with Crippen molar-refractivity contribution in [1.82, 2.24) is 0 Å². The van der Waals surface area contributed by atoms with Gasteiger partial charge in [-0.15, -0.1) is 11.3 Å². The van der Waals surface area contributed by atoms with Gasteiger partial charge in [-0.2, -0.15) is 0 Å². The molecule has 0 atom stereocenters. The van der Waals surface area contributed by atoms with Crippen molar-refractivity contribution < 1.29 is 0 Å². The van der Waals surface area contributed by atoms with E-state index in [-0.39, 0.29) is 6.85 Å². The maximum Gasteiger partial charge on any atom is 0.321 e. The summed E-state index contributed by atoms with van der Waals surface area (Å²) in [5.41, 5.74) is 6.59. The van der Waals surface area contributed by atoms with Gasteiger partial charge in [0, 0.05) is 26.7 Å². The second kappa shape index (κ2) is 7.21. The number of anilines is 1. The molecule has 0 fully saturated rings. The molecule has 0 radical (unpaired) electrons. The molecule has 0 aliphatic carbocycles. The van der Waals surface area contributed by atoms with Crippen molar-refractivity contribution in [2.45, 2.75) is 0 Å². The van der Waals surface area contributed by atoms with Gasteiger partial charge < -0.3 is 5.23 Å². The molecule has 1 aliphatic rings. The van der Waals surface area contributed by atoms with Crippen LogP contribution >= 0.6 is 11.3 Å². The first kappa shape index (κ1) is 19.3. The predicted molar refractivity (Wildman–Crippen MR) is 155 cm³/mol. The molecule has 0 bridgehead atoms. The molecule has 3 heteroatoms. The van der Waals surface area contributed by atoms with Gasteiger partial charge in [0.15, 0.2) is 0 Å². The van der Waals surface area contributed by atoms with Crippen LogP contribution in [0.4, 0.5) is 5.69 Å². The lowest BCUT2D eigenvalue weighted by atomic mass is 9.47. The molecule has 0 amide bonds. The third-order valence-corrected chi connectivity index (χ3v) is 8.67. The molecule has 0 spiro atoms. The highest BCUT2D eigenvalue weighted by atomic mass is 32.1. The van der Waals surface area contributed by atoms with Gasteiger partial charge in [-0.3, -0.25) is 0 Å². The fourth-order valence-corrected chi connectivity index (χ4v) is 7.22.